The van der Waals surface area contributed by atoms with E-state index in [4.69, 9.17) is 10.5 Å². The fourth-order valence-corrected chi connectivity index (χ4v) is 4.25. The van der Waals surface area contributed by atoms with Gasteiger partial charge in [0, 0.05) is 31.3 Å². The van der Waals surface area contributed by atoms with E-state index in [2.05, 4.69) is 11.9 Å². The molecule has 0 radical (unpaired) electrons. The van der Waals surface area contributed by atoms with E-state index in [1.165, 1.54) is 38.5 Å². The van der Waals surface area contributed by atoms with Crippen LogP contribution in [0.3, 0.4) is 0 Å². The molecular formula is C14H26N2O. The zero-order chi connectivity index (χ0) is 11.8. The third-order valence-corrected chi connectivity index (χ3v) is 5.49. The van der Waals surface area contributed by atoms with Gasteiger partial charge in [-0.2, -0.15) is 0 Å². The van der Waals surface area contributed by atoms with Crippen molar-refractivity contribution < 1.29 is 4.74 Å². The average Bonchev–Trinajstić information content (AvgIpc) is 2.61. The molecule has 3 aliphatic heterocycles. The molecule has 17 heavy (non-hydrogen) atoms. The first-order valence-electron chi connectivity index (χ1n) is 7.31. The molecule has 0 aliphatic carbocycles. The normalized spacial score (nSPS) is 41.6. The Morgan fingerprint density at radius 2 is 1.59 bits per heavy atom. The summed E-state index contributed by atoms with van der Waals surface area (Å²) in [6.07, 6.45) is 7.85. The van der Waals surface area contributed by atoms with E-state index >= 15 is 0 Å². The van der Waals surface area contributed by atoms with E-state index in [1.807, 2.05) is 0 Å². The number of ether oxygens (including phenoxy) is 1. The molecule has 2 N–H and O–H groups in total. The molecule has 3 nitrogen and oxygen atoms in total. The summed E-state index contributed by atoms with van der Waals surface area (Å²) in [7, 11) is 2.30. The molecule has 0 spiro atoms. The van der Waals surface area contributed by atoms with Gasteiger partial charge in [-0.15, -0.1) is 0 Å². The van der Waals surface area contributed by atoms with Crippen molar-refractivity contribution in [3.63, 3.8) is 0 Å². The highest BCUT2D eigenvalue weighted by molar-refractivity contribution is 4.97. The van der Waals surface area contributed by atoms with Crippen LogP contribution >= 0.6 is 0 Å². The topological polar surface area (TPSA) is 38.5 Å². The summed E-state index contributed by atoms with van der Waals surface area (Å²) in [5.74, 6) is 1.49. The van der Waals surface area contributed by atoms with Crippen LogP contribution in [0.25, 0.3) is 0 Å². The minimum atomic E-state index is 0.427. The first-order valence-corrected chi connectivity index (χ1v) is 7.31. The van der Waals surface area contributed by atoms with E-state index in [1.54, 1.807) is 0 Å². The molecule has 3 rings (SSSR count). The molecule has 0 aromatic rings. The number of hydrogen-bond acceptors (Lipinski definition) is 3. The van der Waals surface area contributed by atoms with Crippen LogP contribution in [0.4, 0.5) is 0 Å². The highest BCUT2D eigenvalue weighted by Crippen LogP contribution is 2.40. The molecule has 98 valence electrons. The molecule has 3 atom stereocenters. The molecule has 3 fully saturated rings. The van der Waals surface area contributed by atoms with Gasteiger partial charge in [0.05, 0.1) is 0 Å². The Morgan fingerprint density at radius 1 is 1.00 bits per heavy atom. The first-order chi connectivity index (χ1) is 8.25. The second-order valence-corrected chi connectivity index (χ2v) is 6.31. The largest absolute Gasteiger partial charge is 0.381 e. The maximum absolute atomic E-state index is 6.55. The standard InChI is InChI=1S/C14H26N2O/c1-16-12-2-3-13(16)9-11(8-12)14(15)10-4-6-17-7-5-10/h10-14H,2-9,15H2,1H3. The summed E-state index contributed by atoms with van der Waals surface area (Å²) in [5.41, 5.74) is 6.55. The Bertz CT molecular complexity index is 251. The van der Waals surface area contributed by atoms with Crippen molar-refractivity contribution in [1.29, 1.82) is 0 Å². The number of nitrogens with two attached hydrogens (primary N) is 1. The molecule has 3 unspecified atom stereocenters. The molecular weight excluding hydrogens is 212 g/mol. The lowest BCUT2D eigenvalue weighted by atomic mass is 9.77. The van der Waals surface area contributed by atoms with Gasteiger partial charge >= 0.3 is 0 Å². The van der Waals surface area contributed by atoms with Crippen molar-refractivity contribution in [2.24, 2.45) is 17.6 Å². The molecule has 3 heteroatoms. The van der Waals surface area contributed by atoms with Gasteiger partial charge in [0.1, 0.15) is 0 Å². The van der Waals surface area contributed by atoms with Crippen molar-refractivity contribution in [2.45, 2.75) is 56.7 Å². The quantitative estimate of drug-likeness (QED) is 0.794. The summed E-state index contributed by atoms with van der Waals surface area (Å²) in [5, 5.41) is 0. The van der Waals surface area contributed by atoms with E-state index in [-0.39, 0.29) is 0 Å². The second kappa shape index (κ2) is 4.87. The van der Waals surface area contributed by atoms with Crippen LogP contribution in [-0.2, 0) is 4.74 Å². The van der Waals surface area contributed by atoms with Crippen molar-refractivity contribution in [3.05, 3.63) is 0 Å². The van der Waals surface area contributed by atoms with Crippen LogP contribution in [0.15, 0.2) is 0 Å². The Balaban J connectivity index is 1.61. The second-order valence-electron chi connectivity index (χ2n) is 6.31. The third-order valence-electron chi connectivity index (χ3n) is 5.49. The predicted molar refractivity (Wildman–Crippen MR) is 68.8 cm³/mol. The highest BCUT2D eigenvalue weighted by Gasteiger charge is 2.41. The van der Waals surface area contributed by atoms with Crippen molar-refractivity contribution in [2.75, 3.05) is 20.3 Å². The molecule has 0 aromatic carbocycles. The van der Waals surface area contributed by atoms with Gasteiger partial charge < -0.3 is 15.4 Å². The molecule has 0 amide bonds. The summed E-state index contributed by atoms with van der Waals surface area (Å²) in [6.45, 7) is 1.86. The van der Waals surface area contributed by atoms with Crippen molar-refractivity contribution >= 4 is 0 Å². The molecule has 0 aromatic heterocycles. The van der Waals surface area contributed by atoms with E-state index in [9.17, 15) is 0 Å². The van der Waals surface area contributed by atoms with Crippen molar-refractivity contribution in [3.8, 4) is 0 Å². The predicted octanol–water partition coefficient (Wildman–Crippen LogP) is 1.61. The fourth-order valence-electron chi connectivity index (χ4n) is 4.25. The smallest absolute Gasteiger partial charge is 0.0469 e. The Hall–Kier alpha value is -0.120. The highest BCUT2D eigenvalue weighted by atomic mass is 16.5. The van der Waals surface area contributed by atoms with Gasteiger partial charge in [-0.3, -0.25) is 0 Å². The van der Waals surface area contributed by atoms with E-state index < -0.39 is 0 Å². The average molecular weight is 238 g/mol. The van der Waals surface area contributed by atoms with E-state index in [0.717, 1.165) is 37.1 Å². The molecule has 2 bridgehead atoms. The van der Waals surface area contributed by atoms with Gasteiger partial charge in [0.25, 0.3) is 0 Å². The van der Waals surface area contributed by atoms with Gasteiger partial charge in [-0.1, -0.05) is 0 Å². The summed E-state index contributed by atoms with van der Waals surface area (Å²) in [4.78, 5) is 2.60. The van der Waals surface area contributed by atoms with Gasteiger partial charge in [0.2, 0.25) is 0 Å². The molecule has 3 heterocycles. The summed E-state index contributed by atoms with van der Waals surface area (Å²) >= 11 is 0. The van der Waals surface area contributed by atoms with Crippen LogP contribution in [-0.4, -0.2) is 43.3 Å². The van der Waals surface area contributed by atoms with Crippen LogP contribution < -0.4 is 5.73 Å². The summed E-state index contributed by atoms with van der Waals surface area (Å²) in [6, 6.07) is 2.07. The number of piperidine rings is 1. The molecule has 0 saturated carbocycles. The number of nitrogens with zero attached hydrogens (tertiary/aromatic N) is 1. The molecule has 3 saturated heterocycles. The Labute approximate surface area is 105 Å². The fraction of sp³-hybridized carbons (Fsp3) is 1.00. The molecule has 3 aliphatic rings. The lowest BCUT2D eigenvalue weighted by Crippen LogP contribution is -2.48. The number of rotatable bonds is 2. The van der Waals surface area contributed by atoms with Crippen LogP contribution in [0, 0.1) is 11.8 Å². The maximum Gasteiger partial charge on any atom is 0.0469 e. The third kappa shape index (κ3) is 2.25. The minimum absolute atomic E-state index is 0.427. The Kier molecular flexibility index (Phi) is 3.42. The first kappa shape index (κ1) is 11.9. The lowest BCUT2D eigenvalue weighted by Gasteiger charge is -2.41. The maximum atomic E-state index is 6.55. The Morgan fingerprint density at radius 3 is 2.18 bits per heavy atom. The zero-order valence-electron chi connectivity index (χ0n) is 11.0. The summed E-state index contributed by atoms with van der Waals surface area (Å²) < 4.78 is 5.45. The van der Waals surface area contributed by atoms with Crippen LogP contribution in [0.5, 0.6) is 0 Å². The van der Waals surface area contributed by atoms with Gasteiger partial charge in [-0.25, -0.2) is 0 Å². The van der Waals surface area contributed by atoms with Crippen LogP contribution in [0.2, 0.25) is 0 Å². The lowest BCUT2D eigenvalue weighted by molar-refractivity contribution is 0.0370. The van der Waals surface area contributed by atoms with Gasteiger partial charge in [-0.05, 0) is 57.4 Å². The number of fused-ring (bicyclic) bond motifs is 2. The zero-order valence-corrected chi connectivity index (χ0v) is 11.0. The monoisotopic (exact) mass is 238 g/mol. The van der Waals surface area contributed by atoms with Crippen LogP contribution in [0.1, 0.15) is 38.5 Å². The van der Waals surface area contributed by atoms with E-state index in [0.29, 0.717) is 6.04 Å². The van der Waals surface area contributed by atoms with Crippen molar-refractivity contribution in [1.82, 2.24) is 4.90 Å². The SMILES string of the molecule is CN1C2CCC1CC(C(N)C1CCOCC1)C2. The van der Waals surface area contributed by atoms with Gasteiger partial charge in [0.15, 0.2) is 0 Å². The number of hydrogen-bond donors (Lipinski definition) is 1. The minimum Gasteiger partial charge on any atom is -0.381 e.